The summed E-state index contributed by atoms with van der Waals surface area (Å²) in [7, 11) is 0. The number of carbonyl (C=O) groups is 1. The molecule has 0 aliphatic heterocycles. The van der Waals surface area contributed by atoms with Gasteiger partial charge in [0.1, 0.15) is 5.56 Å². The summed E-state index contributed by atoms with van der Waals surface area (Å²) in [5.74, 6) is 0.633. The van der Waals surface area contributed by atoms with Crippen LogP contribution in [0.15, 0.2) is 78.0 Å². The number of nitrogens with one attached hydrogen (secondary N) is 1. The number of benzene rings is 2. The zero-order valence-electron chi connectivity index (χ0n) is 18.0. The Morgan fingerprint density at radius 2 is 1.68 bits per heavy atom. The molecule has 1 amide bonds. The summed E-state index contributed by atoms with van der Waals surface area (Å²) in [6.07, 6.45) is 6.72. The van der Waals surface area contributed by atoms with E-state index in [-0.39, 0.29) is 5.91 Å². The maximum atomic E-state index is 13.2. The number of nitrogens with zero attached hydrogens (tertiary/aromatic N) is 3. The quantitative estimate of drug-likeness (QED) is 0.421. The molecule has 0 radical (unpaired) electrons. The largest absolute Gasteiger partial charge is 0.352 e. The van der Waals surface area contributed by atoms with Crippen LogP contribution in [0.1, 0.15) is 27.2 Å². The minimum Gasteiger partial charge on any atom is -0.352 e. The van der Waals surface area contributed by atoms with Gasteiger partial charge in [0.2, 0.25) is 0 Å². The van der Waals surface area contributed by atoms with Crippen molar-refractivity contribution in [1.29, 1.82) is 0 Å². The molecule has 158 valence electrons. The van der Waals surface area contributed by atoms with Crippen molar-refractivity contribution in [3.8, 4) is 11.5 Å². The zero-order valence-corrected chi connectivity index (χ0v) is 18.8. The van der Waals surface area contributed by atoms with E-state index in [1.165, 1.54) is 16.0 Å². The van der Waals surface area contributed by atoms with E-state index in [2.05, 4.69) is 42.8 Å². The normalized spacial score (nSPS) is 10.9. The van der Waals surface area contributed by atoms with Gasteiger partial charge < -0.3 is 9.88 Å². The highest BCUT2D eigenvalue weighted by atomic mass is 32.2. The molecule has 5 nitrogen and oxygen atoms in total. The number of aryl methyl sites for hydroxylation is 2. The van der Waals surface area contributed by atoms with Gasteiger partial charge in [-0.2, -0.15) is 5.10 Å². The van der Waals surface area contributed by atoms with Crippen LogP contribution in [0, 0.1) is 13.8 Å². The molecule has 0 atom stereocenters. The van der Waals surface area contributed by atoms with Crippen LogP contribution in [-0.4, -0.2) is 33.1 Å². The van der Waals surface area contributed by atoms with Crippen molar-refractivity contribution in [2.75, 3.05) is 12.8 Å². The lowest BCUT2D eigenvalue weighted by molar-refractivity contribution is 0.0953. The van der Waals surface area contributed by atoms with E-state index in [4.69, 9.17) is 5.10 Å². The smallest absolute Gasteiger partial charge is 0.257 e. The molecule has 0 aliphatic rings. The average Bonchev–Trinajstić information content (AvgIpc) is 3.42. The number of amides is 1. The molecule has 6 heteroatoms. The number of carbonyl (C=O) groups excluding carboxylic acids is 1. The number of rotatable bonds is 7. The molecule has 0 saturated carbocycles. The number of hydrogen-bond donors (Lipinski definition) is 1. The van der Waals surface area contributed by atoms with E-state index in [0.29, 0.717) is 17.8 Å². The van der Waals surface area contributed by atoms with E-state index < -0.39 is 0 Å². The lowest BCUT2D eigenvalue weighted by Crippen LogP contribution is -2.27. The van der Waals surface area contributed by atoms with Gasteiger partial charge in [0.05, 0.1) is 11.4 Å². The number of aromatic nitrogens is 3. The van der Waals surface area contributed by atoms with Crippen LogP contribution in [0.25, 0.3) is 11.5 Å². The first kappa shape index (κ1) is 21.0. The Balaban J connectivity index is 1.59. The summed E-state index contributed by atoms with van der Waals surface area (Å²) in [4.78, 5) is 14.4. The predicted molar refractivity (Wildman–Crippen MR) is 127 cm³/mol. The summed E-state index contributed by atoms with van der Waals surface area (Å²) >= 11 is 1.73. The molecular formula is C25H26N4OS. The second-order valence-electron chi connectivity index (χ2n) is 7.48. The van der Waals surface area contributed by atoms with E-state index in [9.17, 15) is 4.79 Å². The third-order valence-electron chi connectivity index (χ3n) is 5.25. The van der Waals surface area contributed by atoms with Gasteiger partial charge in [0, 0.05) is 23.8 Å². The monoisotopic (exact) mass is 430 g/mol. The predicted octanol–water partition coefficient (Wildman–Crippen LogP) is 4.97. The van der Waals surface area contributed by atoms with E-state index >= 15 is 0 Å². The van der Waals surface area contributed by atoms with Crippen LogP contribution in [0.2, 0.25) is 0 Å². The summed E-state index contributed by atoms with van der Waals surface area (Å²) in [5, 5.41) is 7.79. The fraction of sp³-hybridized carbons (Fsp3) is 0.200. The molecule has 2 aromatic heterocycles. The van der Waals surface area contributed by atoms with Crippen LogP contribution >= 0.6 is 11.8 Å². The van der Waals surface area contributed by atoms with Gasteiger partial charge in [-0.05, 0) is 68.5 Å². The average molecular weight is 431 g/mol. The van der Waals surface area contributed by atoms with Crippen molar-refractivity contribution in [3.63, 3.8) is 0 Å². The first-order chi connectivity index (χ1) is 15.1. The summed E-state index contributed by atoms with van der Waals surface area (Å²) in [6, 6.07) is 20.5. The fourth-order valence-corrected chi connectivity index (χ4v) is 3.97. The van der Waals surface area contributed by atoms with Gasteiger partial charge in [-0.3, -0.25) is 4.79 Å². The van der Waals surface area contributed by atoms with Gasteiger partial charge >= 0.3 is 0 Å². The second-order valence-corrected chi connectivity index (χ2v) is 8.36. The van der Waals surface area contributed by atoms with Crippen molar-refractivity contribution >= 4 is 17.7 Å². The van der Waals surface area contributed by atoms with Crippen LogP contribution in [0.3, 0.4) is 0 Å². The third-order valence-corrected chi connectivity index (χ3v) is 5.99. The van der Waals surface area contributed by atoms with Gasteiger partial charge in [0.25, 0.3) is 5.91 Å². The molecule has 4 rings (SSSR count). The Bertz CT molecular complexity index is 1160. The van der Waals surface area contributed by atoms with Gasteiger partial charge in [-0.25, -0.2) is 4.68 Å². The molecule has 0 fully saturated rings. The van der Waals surface area contributed by atoms with Crippen molar-refractivity contribution in [3.05, 3.63) is 95.4 Å². The highest BCUT2D eigenvalue weighted by Crippen LogP contribution is 2.23. The van der Waals surface area contributed by atoms with E-state index in [1.807, 2.05) is 65.0 Å². The highest BCUT2D eigenvalue weighted by molar-refractivity contribution is 7.98. The maximum absolute atomic E-state index is 13.2. The minimum atomic E-state index is -0.111. The molecule has 0 saturated heterocycles. The molecule has 0 bridgehead atoms. The molecule has 2 heterocycles. The Morgan fingerprint density at radius 3 is 2.32 bits per heavy atom. The maximum Gasteiger partial charge on any atom is 0.257 e. The van der Waals surface area contributed by atoms with Crippen LogP contribution in [0.5, 0.6) is 0 Å². The van der Waals surface area contributed by atoms with Crippen molar-refractivity contribution < 1.29 is 4.79 Å². The van der Waals surface area contributed by atoms with Gasteiger partial charge in [-0.1, -0.05) is 29.8 Å². The topological polar surface area (TPSA) is 51.9 Å². The lowest BCUT2D eigenvalue weighted by Gasteiger charge is -2.12. The zero-order chi connectivity index (χ0) is 21.8. The van der Waals surface area contributed by atoms with Crippen LogP contribution in [-0.2, 0) is 6.42 Å². The van der Waals surface area contributed by atoms with Crippen molar-refractivity contribution in [2.24, 2.45) is 0 Å². The van der Waals surface area contributed by atoms with E-state index in [1.54, 1.807) is 11.8 Å². The summed E-state index contributed by atoms with van der Waals surface area (Å²) in [6.45, 7) is 4.50. The Morgan fingerprint density at radius 1 is 1.00 bits per heavy atom. The van der Waals surface area contributed by atoms with Crippen molar-refractivity contribution in [2.45, 2.75) is 25.2 Å². The molecule has 0 spiro atoms. The first-order valence-corrected chi connectivity index (χ1v) is 11.5. The van der Waals surface area contributed by atoms with E-state index in [0.717, 1.165) is 17.9 Å². The SMILES string of the molecule is CSc1ccc(CCNC(=O)c2c(C)nn(-c3ccc(C)cc3)c2-n2cccc2)cc1. The van der Waals surface area contributed by atoms with Gasteiger partial charge in [-0.15, -0.1) is 11.8 Å². The molecule has 1 N–H and O–H groups in total. The molecular weight excluding hydrogens is 404 g/mol. The Kier molecular flexibility index (Phi) is 6.28. The fourth-order valence-electron chi connectivity index (χ4n) is 3.56. The Labute approximate surface area is 187 Å². The number of thioether (sulfide) groups is 1. The van der Waals surface area contributed by atoms with Crippen molar-refractivity contribution in [1.82, 2.24) is 19.7 Å². The second kappa shape index (κ2) is 9.27. The number of hydrogen-bond acceptors (Lipinski definition) is 3. The molecule has 31 heavy (non-hydrogen) atoms. The van der Waals surface area contributed by atoms with Gasteiger partial charge in [0.15, 0.2) is 5.82 Å². The molecule has 0 aliphatic carbocycles. The minimum absolute atomic E-state index is 0.111. The van der Waals surface area contributed by atoms with Crippen LogP contribution in [0.4, 0.5) is 0 Å². The summed E-state index contributed by atoms with van der Waals surface area (Å²) < 4.78 is 3.78. The van der Waals surface area contributed by atoms with Crippen LogP contribution < -0.4 is 5.32 Å². The molecule has 4 aromatic rings. The molecule has 0 unspecified atom stereocenters. The Hall–Kier alpha value is -3.25. The highest BCUT2D eigenvalue weighted by Gasteiger charge is 2.23. The standard InChI is InChI=1S/C25H26N4OS/c1-18-6-10-21(11-7-18)29-25(28-16-4-5-17-28)23(19(2)27-29)24(30)26-15-14-20-8-12-22(31-3)13-9-20/h4-13,16-17H,14-15H2,1-3H3,(H,26,30). The first-order valence-electron chi connectivity index (χ1n) is 10.3. The molecule has 2 aromatic carbocycles. The lowest BCUT2D eigenvalue weighted by atomic mass is 10.1. The summed E-state index contributed by atoms with van der Waals surface area (Å²) in [5.41, 5.74) is 4.60. The third kappa shape index (κ3) is 4.59.